The molecule has 0 aliphatic carbocycles. The third-order valence-electron chi connectivity index (χ3n) is 8.41. The Morgan fingerprint density at radius 1 is 0.233 bits per heavy atom. The minimum atomic E-state index is 1.12. The first-order valence-electron chi connectivity index (χ1n) is 14.8. The van der Waals surface area contributed by atoms with Crippen LogP contribution in [0.1, 0.15) is 0 Å². The fourth-order valence-corrected chi connectivity index (χ4v) is 6.39. The Balaban J connectivity index is 1.38. The monoisotopic (exact) mass is 547 g/mol. The summed E-state index contributed by atoms with van der Waals surface area (Å²) in [5, 5.41) is 7.66. The second kappa shape index (κ2) is 10.6. The molecule has 0 fully saturated rings. The average molecular weight is 548 g/mol. The van der Waals surface area contributed by atoms with Crippen LogP contribution in [0.2, 0.25) is 0 Å². The summed E-state index contributed by atoms with van der Waals surface area (Å²) in [4.78, 5) is 2.39. The molecule has 0 unspecified atom stereocenters. The van der Waals surface area contributed by atoms with Gasteiger partial charge in [-0.15, -0.1) is 0 Å². The normalized spacial score (nSPS) is 11.3. The number of benzene rings is 8. The van der Waals surface area contributed by atoms with Crippen LogP contribution in [0.5, 0.6) is 0 Å². The maximum atomic E-state index is 2.39. The first-order valence-corrected chi connectivity index (χ1v) is 14.8. The molecular weight excluding hydrogens is 518 g/mol. The molecule has 0 aliphatic heterocycles. The first-order chi connectivity index (χ1) is 21.3. The molecule has 0 bridgehead atoms. The van der Waals surface area contributed by atoms with Gasteiger partial charge in [-0.25, -0.2) is 0 Å². The number of rotatable bonds is 5. The predicted molar refractivity (Wildman–Crippen MR) is 185 cm³/mol. The van der Waals surface area contributed by atoms with Crippen LogP contribution in [0, 0.1) is 0 Å². The van der Waals surface area contributed by atoms with Gasteiger partial charge in [-0.2, -0.15) is 0 Å². The molecule has 43 heavy (non-hydrogen) atoms. The summed E-state index contributed by atoms with van der Waals surface area (Å²) < 4.78 is 0. The van der Waals surface area contributed by atoms with Crippen LogP contribution in [0.25, 0.3) is 54.6 Å². The van der Waals surface area contributed by atoms with Gasteiger partial charge in [-0.1, -0.05) is 140 Å². The smallest absolute Gasteiger partial charge is 0.0468 e. The lowest BCUT2D eigenvalue weighted by Crippen LogP contribution is -2.10. The highest BCUT2D eigenvalue weighted by Gasteiger charge is 2.17. The molecule has 0 amide bonds. The number of hydrogen-bond acceptors (Lipinski definition) is 1. The van der Waals surface area contributed by atoms with Gasteiger partial charge in [0.1, 0.15) is 0 Å². The lowest BCUT2D eigenvalue weighted by atomic mass is 9.94. The van der Waals surface area contributed by atoms with Gasteiger partial charge in [0.05, 0.1) is 0 Å². The van der Waals surface area contributed by atoms with E-state index in [1.165, 1.54) is 54.6 Å². The van der Waals surface area contributed by atoms with Crippen LogP contribution < -0.4 is 4.90 Å². The standard InChI is InChI=1S/C42H29N/c1-3-13-30(14-4-1)32-17-11-19-34(27-32)43(35-20-12-18-33(28-35)31-15-5-2-6-16-31)36-25-26-41-39-23-8-7-21-37(39)38-22-9-10-24-40(38)42(41)29-36/h1-29H. The van der Waals surface area contributed by atoms with E-state index in [4.69, 9.17) is 0 Å². The second-order valence-corrected chi connectivity index (χ2v) is 11.0. The topological polar surface area (TPSA) is 3.24 Å². The number of fused-ring (bicyclic) bond motifs is 6. The maximum Gasteiger partial charge on any atom is 0.0468 e. The zero-order chi connectivity index (χ0) is 28.6. The molecule has 0 N–H and O–H groups in total. The molecule has 0 saturated carbocycles. The first kappa shape index (κ1) is 25.1. The van der Waals surface area contributed by atoms with Crippen molar-refractivity contribution in [2.24, 2.45) is 0 Å². The highest BCUT2D eigenvalue weighted by molar-refractivity contribution is 6.25. The van der Waals surface area contributed by atoms with Crippen molar-refractivity contribution in [3.05, 3.63) is 176 Å². The van der Waals surface area contributed by atoms with Crippen molar-refractivity contribution in [2.75, 3.05) is 4.90 Å². The Hall–Kier alpha value is -5.66. The van der Waals surface area contributed by atoms with E-state index < -0.39 is 0 Å². The second-order valence-electron chi connectivity index (χ2n) is 11.0. The van der Waals surface area contributed by atoms with E-state index in [1.54, 1.807) is 0 Å². The maximum absolute atomic E-state index is 2.39. The SMILES string of the molecule is c1ccc(-c2cccc(N(c3cccc(-c4ccccc4)c3)c3ccc4c5ccccc5c5ccccc5c4c3)c2)cc1. The van der Waals surface area contributed by atoms with E-state index >= 15 is 0 Å². The van der Waals surface area contributed by atoms with Crippen LogP contribution in [0.15, 0.2) is 176 Å². The molecule has 0 saturated heterocycles. The fourth-order valence-electron chi connectivity index (χ4n) is 6.39. The Morgan fingerprint density at radius 2 is 0.605 bits per heavy atom. The molecule has 8 aromatic carbocycles. The van der Waals surface area contributed by atoms with Crippen molar-refractivity contribution < 1.29 is 0 Å². The fraction of sp³-hybridized carbons (Fsp3) is 0. The van der Waals surface area contributed by atoms with Crippen molar-refractivity contribution in [1.29, 1.82) is 0 Å². The van der Waals surface area contributed by atoms with E-state index in [2.05, 4.69) is 181 Å². The van der Waals surface area contributed by atoms with Gasteiger partial charge < -0.3 is 4.90 Å². The van der Waals surface area contributed by atoms with Gasteiger partial charge in [0.2, 0.25) is 0 Å². The summed E-state index contributed by atoms with van der Waals surface area (Å²) in [6, 6.07) is 63.4. The quantitative estimate of drug-likeness (QED) is 0.194. The lowest BCUT2D eigenvalue weighted by Gasteiger charge is -2.27. The Morgan fingerprint density at radius 3 is 1.09 bits per heavy atom. The van der Waals surface area contributed by atoms with Crippen LogP contribution in [0.3, 0.4) is 0 Å². The summed E-state index contributed by atoms with van der Waals surface area (Å²) in [6.07, 6.45) is 0. The number of nitrogens with zero attached hydrogens (tertiary/aromatic N) is 1. The van der Waals surface area contributed by atoms with Gasteiger partial charge in [0.15, 0.2) is 0 Å². The molecule has 0 radical (unpaired) electrons. The lowest BCUT2D eigenvalue weighted by molar-refractivity contribution is 1.29. The van der Waals surface area contributed by atoms with Crippen LogP contribution in [-0.4, -0.2) is 0 Å². The van der Waals surface area contributed by atoms with E-state index in [-0.39, 0.29) is 0 Å². The number of anilines is 3. The Kier molecular flexibility index (Phi) is 6.20. The molecule has 0 heterocycles. The molecule has 1 heteroatoms. The van der Waals surface area contributed by atoms with E-state index in [0.29, 0.717) is 0 Å². The molecule has 8 aromatic rings. The van der Waals surface area contributed by atoms with Crippen LogP contribution in [0.4, 0.5) is 17.1 Å². The van der Waals surface area contributed by atoms with Gasteiger partial charge in [-0.05, 0) is 91.0 Å². The minimum Gasteiger partial charge on any atom is -0.310 e. The minimum absolute atomic E-state index is 1.12. The largest absolute Gasteiger partial charge is 0.310 e. The molecule has 0 aromatic heterocycles. The molecule has 202 valence electrons. The molecular formula is C42H29N. The predicted octanol–water partition coefficient (Wildman–Crippen LogP) is 11.9. The highest BCUT2D eigenvalue weighted by atomic mass is 15.1. The molecule has 0 aliphatic rings. The van der Waals surface area contributed by atoms with Gasteiger partial charge in [0, 0.05) is 17.1 Å². The molecule has 1 nitrogen and oxygen atoms in total. The molecule has 8 rings (SSSR count). The van der Waals surface area contributed by atoms with Crippen LogP contribution in [-0.2, 0) is 0 Å². The number of hydrogen-bond donors (Lipinski definition) is 0. The Bertz CT molecular complexity index is 2110. The average Bonchev–Trinajstić information content (AvgIpc) is 3.09. The van der Waals surface area contributed by atoms with Crippen molar-refractivity contribution in [3.8, 4) is 22.3 Å². The van der Waals surface area contributed by atoms with Crippen LogP contribution >= 0.6 is 0 Å². The molecule has 0 atom stereocenters. The van der Waals surface area contributed by atoms with E-state index in [1.807, 2.05) is 0 Å². The van der Waals surface area contributed by atoms with E-state index in [9.17, 15) is 0 Å². The van der Waals surface area contributed by atoms with Gasteiger partial charge >= 0.3 is 0 Å². The van der Waals surface area contributed by atoms with Crippen molar-refractivity contribution >= 4 is 49.4 Å². The highest BCUT2D eigenvalue weighted by Crippen LogP contribution is 2.42. The van der Waals surface area contributed by atoms with Crippen molar-refractivity contribution in [1.82, 2.24) is 0 Å². The van der Waals surface area contributed by atoms with Gasteiger partial charge in [-0.3, -0.25) is 0 Å². The Labute approximate surface area is 251 Å². The summed E-state index contributed by atoms with van der Waals surface area (Å²) >= 11 is 0. The van der Waals surface area contributed by atoms with Crippen molar-refractivity contribution in [3.63, 3.8) is 0 Å². The zero-order valence-corrected chi connectivity index (χ0v) is 23.7. The van der Waals surface area contributed by atoms with Crippen molar-refractivity contribution in [2.45, 2.75) is 0 Å². The third-order valence-corrected chi connectivity index (χ3v) is 8.41. The summed E-state index contributed by atoms with van der Waals surface area (Å²) in [7, 11) is 0. The third kappa shape index (κ3) is 4.52. The summed E-state index contributed by atoms with van der Waals surface area (Å²) in [5.41, 5.74) is 8.17. The van der Waals surface area contributed by atoms with E-state index in [0.717, 1.165) is 17.1 Å². The van der Waals surface area contributed by atoms with Gasteiger partial charge in [0.25, 0.3) is 0 Å². The zero-order valence-electron chi connectivity index (χ0n) is 23.7. The molecule has 0 spiro atoms. The summed E-state index contributed by atoms with van der Waals surface area (Å²) in [5.74, 6) is 0. The summed E-state index contributed by atoms with van der Waals surface area (Å²) in [6.45, 7) is 0.